The summed E-state index contributed by atoms with van der Waals surface area (Å²) < 4.78 is 2.04. The van der Waals surface area contributed by atoms with Crippen LogP contribution in [0.1, 0.15) is 5.69 Å². The maximum absolute atomic E-state index is 6.18. The minimum atomic E-state index is 0.0975. The van der Waals surface area contributed by atoms with Gasteiger partial charge in [-0.05, 0) is 24.3 Å². The van der Waals surface area contributed by atoms with E-state index in [4.69, 9.17) is 17.3 Å². The van der Waals surface area contributed by atoms with E-state index in [1.807, 2.05) is 40.2 Å². The van der Waals surface area contributed by atoms with Gasteiger partial charge in [-0.15, -0.1) is 23.1 Å². The molecule has 0 saturated carbocycles. The fourth-order valence-electron chi connectivity index (χ4n) is 1.94. The van der Waals surface area contributed by atoms with Gasteiger partial charge < -0.3 is 5.73 Å². The minimum absolute atomic E-state index is 0.0975. The monoisotopic (exact) mass is 323 g/mol. The number of aromatic nitrogens is 2. The molecule has 1 unspecified atom stereocenters. The minimum Gasteiger partial charge on any atom is -0.327 e. The summed E-state index contributed by atoms with van der Waals surface area (Å²) in [6.45, 7) is 0. The smallest absolute Gasteiger partial charge is 0.193 e. The van der Waals surface area contributed by atoms with Crippen LogP contribution in [-0.2, 0) is 6.42 Å². The Morgan fingerprint density at radius 3 is 2.90 bits per heavy atom. The van der Waals surface area contributed by atoms with E-state index in [0.717, 1.165) is 27.9 Å². The molecule has 1 aromatic carbocycles. The average Bonchev–Trinajstić information content (AvgIpc) is 2.99. The summed E-state index contributed by atoms with van der Waals surface area (Å²) in [6.07, 6.45) is 4.87. The molecular weight excluding hydrogens is 310 g/mol. The van der Waals surface area contributed by atoms with Crippen molar-refractivity contribution < 1.29 is 0 Å². The van der Waals surface area contributed by atoms with Crippen molar-refractivity contribution in [2.24, 2.45) is 5.73 Å². The Bertz CT molecular complexity index is 661. The molecule has 0 bridgehead atoms. The fourth-order valence-corrected chi connectivity index (χ4v) is 3.63. The fraction of sp³-hybridized carbons (Fsp3) is 0.214. The second kappa shape index (κ2) is 6.18. The Balaban J connectivity index is 1.55. The van der Waals surface area contributed by atoms with Crippen LogP contribution in [0.25, 0.3) is 4.96 Å². The zero-order valence-electron chi connectivity index (χ0n) is 10.7. The third-order valence-electron chi connectivity index (χ3n) is 2.89. The van der Waals surface area contributed by atoms with E-state index in [9.17, 15) is 0 Å². The molecule has 0 saturated heterocycles. The molecule has 6 heteroatoms. The van der Waals surface area contributed by atoms with E-state index in [1.54, 1.807) is 23.1 Å². The van der Waals surface area contributed by atoms with Crippen LogP contribution in [0.15, 0.2) is 46.9 Å². The molecule has 0 aliphatic rings. The molecule has 1 atom stereocenters. The van der Waals surface area contributed by atoms with Crippen molar-refractivity contribution in [3.05, 3.63) is 52.8 Å². The number of rotatable bonds is 5. The molecule has 2 N–H and O–H groups in total. The Kier molecular flexibility index (Phi) is 4.31. The summed E-state index contributed by atoms with van der Waals surface area (Å²) in [5.74, 6) is 0.868. The highest BCUT2D eigenvalue weighted by Gasteiger charge is 2.09. The Hall–Kier alpha value is -1.01. The third kappa shape index (κ3) is 3.35. The van der Waals surface area contributed by atoms with Crippen LogP contribution in [-0.4, -0.2) is 21.2 Å². The maximum Gasteiger partial charge on any atom is 0.193 e. The highest BCUT2D eigenvalue weighted by atomic mass is 35.5. The molecule has 0 spiro atoms. The van der Waals surface area contributed by atoms with Gasteiger partial charge in [0.25, 0.3) is 0 Å². The zero-order chi connectivity index (χ0) is 13.9. The zero-order valence-corrected chi connectivity index (χ0v) is 13.1. The highest BCUT2D eigenvalue weighted by molar-refractivity contribution is 7.99. The first-order valence-electron chi connectivity index (χ1n) is 6.26. The van der Waals surface area contributed by atoms with Crippen LogP contribution in [0, 0.1) is 0 Å². The van der Waals surface area contributed by atoms with Gasteiger partial charge in [-0.2, -0.15) is 0 Å². The van der Waals surface area contributed by atoms with Crippen LogP contribution in [0.5, 0.6) is 0 Å². The van der Waals surface area contributed by atoms with Crippen LogP contribution in [0.3, 0.4) is 0 Å². The van der Waals surface area contributed by atoms with Gasteiger partial charge >= 0.3 is 0 Å². The van der Waals surface area contributed by atoms with Crippen molar-refractivity contribution in [1.82, 2.24) is 9.38 Å². The first kappa shape index (κ1) is 13.9. The number of imidazole rings is 1. The number of thiazole rings is 1. The molecule has 0 radical (unpaired) electrons. The van der Waals surface area contributed by atoms with Crippen molar-refractivity contribution in [2.45, 2.75) is 17.4 Å². The molecule has 0 aliphatic carbocycles. The summed E-state index contributed by atoms with van der Waals surface area (Å²) in [6, 6.07) is 7.94. The van der Waals surface area contributed by atoms with Crippen LogP contribution >= 0.6 is 34.7 Å². The summed E-state index contributed by atoms with van der Waals surface area (Å²) in [5.41, 5.74) is 7.24. The lowest BCUT2D eigenvalue weighted by Crippen LogP contribution is -2.25. The van der Waals surface area contributed by atoms with Gasteiger partial charge in [-0.3, -0.25) is 4.40 Å². The van der Waals surface area contributed by atoms with E-state index in [1.165, 1.54) is 4.90 Å². The average molecular weight is 324 g/mol. The van der Waals surface area contributed by atoms with Crippen LogP contribution < -0.4 is 5.73 Å². The predicted molar refractivity (Wildman–Crippen MR) is 86.9 cm³/mol. The van der Waals surface area contributed by atoms with Gasteiger partial charge in [0.1, 0.15) is 0 Å². The van der Waals surface area contributed by atoms with E-state index in [2.05, 4.69) is 11.2 Å². The Morgan fingerprint density at radius 2 is 2.15 bits per heavy atom. The topological polar surface area (TPSA) is 43.3 Å². The second-order valence-corrected chi connectivity index (χ2v) is 6.96. The van der Waals surface area contributed by atoms with Gasteiger partial charge in [-0.1, -0.05) is 11.6 Å². The van der Waals surface area contributed by atoms with Gasteiger partial charge in [0.05, 0.1) is 5.69 Å². The molecule has 3 nitrogen and oxygen atoms in total. The summed E-state index contributed by atoms with van der Waals surface area (Å²) >= 11 is 9.26. The molecule has 0 amide bonds. The standard InChI is InChI=1S/C14H14ClN3S2/c15-10-1-3-13(4-2-10)20-9-11(16)7-12-8-18-5-6-19-14(18)17-12/h1-6,8,11H,7,9,16H2. The van der Waals surface area contributed by atoms with Crippen molar-refractivity contribution >= 4 is 39.7 Å². The summed E-state index contributed by atoms with van der Waals surface area (Å²) in [4.78, 5) is 6.77. The molecule has 3 rings (SSSR count). The van der Waals surface area contributed by atoms with Gasteiger partial charge in [0, 0.05) is 45.9 Å². The van der Waals surface area contributed by atoms with E-state index >= 15 is 0 Å². The van der Waals surface area contributed by atoms with Gasteiger partial charge in [0.2, 0.25) is 0 Å². The third-order valence-corrected chi connectivity index (χ3v) is 5.12. The van der Waals surface area contributed by atoms with Crippen molar-refractivity contribution in [2.75, 3.05) is 5.75 Å². The Morgan fingerprint density at radius 1 is 1.35 bits per heavy atom. The van der Waals surface area contributed by atoms with Crippen molar-refractivity contribution in [3.8, 4) is 0 Å². The lowest BCUT2D eigenvalue weighted by molar-refractivity contribution is 0.736. The predicted octanol–water partition coefficient (Wildman–Crippen LogP) is 3.71. The summed E-state index contributed by atoms with van der Waals surface area (Å²) in [7, 11) is 0. The van der Waals surface area contributed by atoms with Crippen molar-refractivity contribution in [1.29, 1.82) is 0 Å². The maximum atomic E-state index is 6.18. The first-order valence-corrected chi connectivity index (χ1v) is 8.50. The van der Waals surface area contributed by atoms with Gasteiger partial charge in [0.15, 0.2) is 4.96 Å². The first-order chi connectivity index (χ1) is 9.70. The number of benzene rings is 1. The van der Waals surface area contributed by atoms with Crippen LogP contribution in [0.2, 0.25) is 5.02 Å². The van der Waals surface area contributed by atoms with E-state index in [0.29, 0.717) is 0 Å². The normalized spacial score (nSPS) is 12.9. The molecule has 0 aliphatic heterocycles. The molecular formula is C14H14ClN3S2. The molecule has 3 aromatic rings. The number of nitrogens with zero attached hydrogens (tertiary/aromatic N) is 2. The number of fused-ring (bicyclic) bond motifs is 1. The number of hydrogen-bond acceptors (Lipinski definition) is 4. The molecule has 2 heterocycles. The summed E-state index contributed by atoms with van der Waals surface area (Å²) in [5, 5.41) is 2.79. The largest absolute Gasteiger partial charge is 0.327 e. The quantitative estimate of drug-likeness (QED) is 0.728. The SMILES string of the molecule is NC(CSc1ccc(Cl)cc1)Cc1cn2ccsc2n1. The number of nitrogens with two attached hydrogens (primary N) is 1. The number of thioether (sulfide) groups is 1. The molecule has 2 aromatic heterocycles. The van der Waals surface area contributed by atoms with E-state index in [-0.39, 0.29) is 6.04 Å². The number of hydrogen-bond donors (Lipinski definition) is 1. The second-order valence-electron chi connectivity index (χ2n) is 4.55. The molecule has 104 valence electrons. The lowest BCUT2D eigenvalue weighted by atomic mass is 10.2. The Labute approximate surface area is 130 Å². The van der Waals surface area contributed by atoms with Crippen LogP contribution in [0.4, 0.5) is 0 Å². The van der Waals surface area contributed by atoms with Gasteiger partial charge in [-0.25, -0.2) is 4.98 Å². The molecule has 0 fully saturated rings. The molecule has 20 heavy (non-hydrogen) atoms. The highest BCUT2D eigenvalue weighted by Crippen LogP contribution is 2.21. The van der Waals surface area contributed by atoms with E-state index < -0.39 is 0 Å². The number of halogens is 1. The van der Waals surface area contributed by atoms with Crippen molar-refractivity contribution in [3.63, 3.8) is 0 Å². The lowest BCUT2D eigenvalue weighted by Gasteiger charge is -2.09.